The Labute approximate surface area is 94.2 Å². The van der Waals surface area contributed by atoms with Crippen molar-refractivity contribution < 1.29 is 18.0 Å². The largest absolute Gasteiger partial charge is 0.294 e. The van der Waals surface area contributed by atoms with Crippen LogP contribution in [0.5, 0.6) is 0 Å². The molecule has 0 N–H and O–H groups in total. The van der Waals surface area contributed by atoms with Crippen LogP contribution in [0.3, 0.4) is 0 Å². The highest BCUT2D eigenvalue weighted by Crippen LogP contribution is 2.21. The number of hydrogen-bond acceptors (Lipinski definition) is 4. The van der Waals surface area contributed by atoms with Gasteiger partial charge < -0.3 is 0 Å². The highest BCUT2D eigenvalue weighted by molar-refractivity contribution is 7.90. The Morgan fingerprint density at radius 2 is 1.62 bits per heavy atom. The Kier molecular flexibility index (Phi) is 3.28. The Balaban J connectivity index is 3.72. The van der Waals surface area contributed by atoms with E-state index in [4.69, 9.17) is 0 Å². The summed E-state index contributed by atoms with van der Waals surface area (Å²) in [7, 11) is -3.51. The molecule has 0 aliphatic rings. The third-order valence-corrected chi connectivity index (χ3v) is 3.30. The van der Waals surface area contributed by atoms with Gasteiger partial charge in [-0.15, -0.1) is 0 Å². The van der Waals surface area contributed by atoms with Crippen molar-refractivity contribution >= 4 is 21.4 Å². The average molecular weight is 240 g/mol. The monoisotopic (exact) mass is 240 g/mol. The highest BCUT2D eigenvalue weighted by atomic mass is 32.2. The number of Topliss-reactive ketones (excluding diaryl/α,β-unsaturated/α-hetero) is 2. The molecule has 0 radical (unpaired) electrons. The van der Waals surface area contributed by atoms with Gasteiger partial charge in [0, 0.05) is 17.4 Å². The minimum atomic E-state index is -3.51. The maximum atomic E-state index is 11.5. The average Bonchev–Trinajstić information content (AvgIpc) is 2.14. The maximum absolute atomic E-state index is 11.5. The number of carbonyl (C=O) groups excluding carboxylic acids is 2. The Bertz CT molecular complexity index is 555. The van der Waals surface area contributed by atoms with E-state index in [0.717, 1.165) is 6.26 Å². The molecule has 0 atom stereocenters. The Morgan fingerprint density at radius 3 is 2.00 bits per heavy atom. The lowest BCUT2D eigenvalue weighted by molar-refractivity contribution is 0.0978. The topological polar surface area (TPSA) is 68.3 Å². The van der Waals surface area contributed by atoms with E-state index in [-0.39, 0.29) is 21.8 Å². The van der Waals surface area contributed by atoms with Crippen LogP contribution >= 0.6 is 0 Å². The predicted molar refractivity (Wildman–Crippen MR) is 59.6 cm³/mol. The van der Waals surface area contributed by atoms with Crippen molar-refractivity contribution in [2.24, 2.45) is 0 Å². The first kappa shape index (κ1) is 12.6. The zero-order chi connectivity index (χ0) is 12.5. The first-order chi connectivity index (χ1) is 7.25. The van der Waals surface area contributed by atoms with Gasteiger partial charge in [-0.1, -0.05) is 12.1 Å². The lowest BCUT2D eigenvalue weighted by Gasteiger charge is -2.08. The Hall–Kier alpha value is -1.49. The van der Waals surface area contributed by atoms with E-state index in [1.54, 1.807) is 0 Å². The summed E-state index contributed by atoms with van der Waals surface area (Å²) in [6, 6.07) is 4.24. The number of benzene rings is 1. The van der Waals surface area contributed by atoms with Crippen LogP contribution in [0.15, 0.2) is 23.1 Å². The van der Waals surface area contributed by atoms with Gasteiger partial charge in [-0.2, -0.15) is 0 Å². The van der Waals surface area contributed by atoms with Gasteiger partial charge in [-0.3, -0.25) is 9.59 Å². The molecule has 16 heavy (non-hydrogen) atoms. The van der Waals surface area contributed by atoms with Crippen molar-refractivity contribution in [1.82, 2.24) is 0 Å². The third-order valence-electron chi connectivity index (χ3n) is 2.16. The minimum absolute atomic E-state index is 0.0162. The molecule has 0 bridgehead atoms. The van der Waals surface area contributed by atoms with Gasteiger partial charge in [0.1, 0.15) is 0 Å². The number of ketones is 2. The summed E-state index contributed by atoms with van der Waals surface area (Å²) in [6.45, 7) is 2.55. The van der Waals surface area contributed by atoms with Gasteiger partial charge >= 0.3 is 0 Å². The van der Waals surface area contributed by atoms with Crippen molar-refractivity contribution in [2.75, 3.05) is 6.26 Å². The molecule has 1 aromatic carbocycles. The summed E-state index contributed by atoms with van der Waals surface area (Å²) in [4.78, 5) is 22.6. The molecular weight excluding hydrogens is 228 g/mol. The highest BCUT2D eigenvalue weighted by Gasteiger charge is 2.21. The molecule has 0 aliphatic heterocycles. The van der Waals surface area contributed by atoms with E-state index in [1.807, 2.05) is 0 Å². The second-order valence-corrected chi connectivity index (χ2v) is 5.55. The first-order valence-corrected chi connectivity index (χ1v) is 6.49. The second kappa shape index (κ2) is 4.17. The molecule has 0 fully saturated rings. The molecule has 4 nitrogen and oxygen atoms in total. The van der Waals surface area contributed by atoms with Crippen LogP contribution in [-0.2, 0) is 9.84 Å². The van der Waals surface area contributed by atoms with E-state index < -0.39 is 15.6 Å². The molecule has 0 spiro atoms. The molecule has 0 saturated carbocycles. The van der Waals surface area contributed by atoms with Gasteiger partial charge in [0.2, 0.25) is 0 Å². The zero-order valence-electron chi connectivity index (χ0n) is 9.27. The van der Waals surface area contributed by atoms with E-state index in [0.29, 0.717) is 0 Å². The smallest absolute Gasteiger partial charge is 0.176 e. The minimum Gasteiger partial charge on any atom is -0.294 e. The summed E-state index contributed by atoms with van der Waals surface area (Å²) in [5.41, 5.74) is 0.132. The third kappa shape index (κ3) is 2.36. The summed E-state index contributed by atoms with van der Waals surface area (Å²) >= 11 is 0. The number of hydrogen-bond donors (Lipinski definition) is 0. The molecule has 1 aromatic rings. The van der Waals surface area contributed by atoms with E-state index in [2.05, 4.69) is 0 Å². The normalized spacial score (nSPS) is 11.2. The van der Waals surface area contributed by atoms with Gasteiger partial charge in [-0.05, 0) is 19.9 Å². The molecule has 0 aromatic heterocycles. The van der Waals surface area contributed by atoms with Crippen LogP contribution < -0.4 is 0 Å². The van der Waals surface area contributed by atoms with Crippen LogP contribution in [0.1, 0.15) is 34.6 Å². The summed E-state index contributed by atoms with van der Waals surface area (Å²) in [5.74, 6) is -0.748. The SMILES string of the molecule is CC(=O)c1cccc(S(C)(=O)=O)c1C(C)=O. The lowest BCUT2D eigenvalue weighted by atomic mass is 10.0. The predicted octanol–water partition coefficient (Wildman–Crippen LogP) is 1.50. The zero-order valence-corrected chi connectivity index (χ0v) is 10.1. The maximum Gasteiger partial charge on any atom is 0.176 e. The van der Waals surface area contributed by atoms with E-state index >= 15 is 0 Å². The molecule has 0 saturated heterocycles. The Morgan fingerprint density at radius 1 is 1.06 bits per heavy atom. The molecular formula is C11H12O4S. The fourth-order valence-corrected chi connectivity index (χ4v) is 2.45. The van der Waals surface area contributed by atoms with Crippen molar-refractivity contribution in [2.45, 2.75) is 18.7 Å². The van der Waals surface area contributed by atoms with Crippen LogP contribution in [-0.4, -0.2) is 26.2 Å². The first-order valence-electron chi connectivity index (χ1n) is 4.60. The molecule has 86 valence electrons. The van der Waals surface area contributed by atoms with Gasteiger partial charge in [0.25, 0.3) is 0 Å². The van der Waals surface area contributed by atoms with Crippen molar-refractivity contribution in [1.29, 1.82) is 0 Å². The molecule has 0 amide bonds. The lowest BCUT2D eigenvalue weighted by Crippen LogP contribution is -2.11. The fraction of sp³-hybridized carbons (Fsp3) is 0.273. The van der Waals surface area contributed by atoms with Crippen LogP contribution in [0, 0.1) is 0 Å². The van der Waals surface area contributed by atoms with Crippen molar-refractivity contribution in [3.63, 3.8) is 0 Å². The van der Waals surface area contributed by atoms with Gasteiger partial charge in [-0.25, -0.2) is 8.42 Å². The van der Waals surface area contributed by atoms with Gasteiger partial charge in [0.05, 0.1) is 4.90 Å². The fourth-order valence-electron chi connectivity index (χ4n) is 1.50. The van der Waals surface area contributed by atoms with Crippen LogP contribution in [0.4, 0.5) is 0 Å². The summed E-state index contributed by atoms with van der Waals surface area (Å²) in [6.07, 6.45) is 1.01. The number of carbonyl (C=O) groups is 2. The van der Waals surface area contributed by atoms with Crippen LogP contribution in [0.25, 0.3) is 0 Å². The number of rotatable bonds is 3. The van der Waals surface area contributed by atoms with E-state index in [9.17, 15) is 18.0 Å². The molecule has 1 rings (SSSR count). The summed E-state index contributed by atoms with van der Waals surface area (Å²) in [5, 5.41) is 0. The summed E-state index contributed by atoms with van der Waals surface area (Å²) < 4.78 is 22.9. The van der Waals surface area contributed by atoms with Gasteiger partial charge in [0.15, 0.2) is 21.4 Å². The molecule has 0 aliphatic carbocycles. The second-order valence-electron chi connectivity index (χ2n) is 3.56. The van der Waals surface area contributed by atoms with Crippen LogP contribution in [0.2, 0.25) is 0 Å². The molecule has 0 heterocycles. The standard InChI is InChI=1S/C11H12O4S/c1-7(12)9-5-4-6-10(16(3,14)15)11(9)8(2)13/h4-6H,1-3H3. The molecule has 0 unspecified atom stereocenters. The quantitative estimate of drug-likeness (QED) is 0.751. The van der Waals surface area contributed by atoms with E-state index in [1.165, 1.54) is 32.0 Å². The molecule has 5 heteroatoms. The van der Waals surface area contributed by atoms with Crippen molar-refractivity contribution in [3.05, 3.63) is 29.3 Å². The number of sulfone groups is 1. The van der Waals surface area contributed by atoms with Crippen molar-refractivity contribution in [3.8, 4) is 0 Å².